The molecule has 1 aliphatic rings. The molecule has 1 atom stereocenters. The van der Waals surface area contributed by atoms with Gasteiger partial charge in [-0.05, 0) is 37.1 Å². The molecule has 26 heavy (non-hydrogen) atoms. The monoisotopic (exact) mass is 371 g/mol. The number of nitrogens with zero attached hydrogens (tertiary/aromatic N) is 2. The predicted octanol–water partition coefficient (Wildman–Crippen LogP) is 0.674. The van der Waals surface area contributed by atoms with Crippen LogP contribution in [-0.4, -0.2) is 34.3 Å². The number of aromatic hydroxyl groups is 1. The fourth-order valence-electron chi connectivity index (χ4n) is 3.00. The smallest absolute Gasteiger partial charge is 0.229 e. The molecule has 0 aliphatic carbocycles. The second-order valence-electron chi connectivity index (χ2n) is 6.10. The minimum Gasteiger partial charge on any atom is -1.00 e. The van der Waals surface area contributed by atoms with E-state index in [0.29, 0.717) is 5.95 Å². The molecule has 3 N–H and O–H groups in total. The molecule has 2 heterocycles. The topological polar surface area (TPSA) is 79.3 Å². The molecule has 1 fully saturated rings. The number of phenols is 1. The van der Waals surface area contributed by atoms with Gasteiger partial charge in [0.25, 0.3) is 0 Å². The van der Waals surface area contributed by atoms with Gasteiger partial charge in [0, 0.05) is 30.3 Å². The summed E-state index contributed by atoms with van der Waals surface area (Å²) in [5.74, 6) is 1.46. The number of fused-ring (bicyclic) bond motifs is 1. The van der Waals surface area contributed by atoms with E-state index >= 15 is 0 Å². The van der Waals surface area contributed by atoms with Gasteiger partial charge >= 0.3 is 0 Å². The zero-order valence-corrected chi connectivity index (χ0v) is 14.9. The highest BCUT2D eigenvalue weighted by Crippen LogP contribution is 2.25. The zero-order chi connectivity index (χ0) is 17.1. The van der Waals surface area contributed by atoms with Crippen LogP contribution in [-0.2, 0) is 4.74 Å². The highest BCUT2D eigenvalue weighted by molar-refractivity contribution is 5.90. The third-order valence-electron chi connectivity index (χ3n) is 4.23. The average molecular weight is 372 g/mol. The largest absolute Gasteiger partial charge is 1.00 e. The molecule has 0 radical (unpaired) electrons. The number of nitrogens with one attached hydrogen (secondary N) is 2. The molecule has 7 heteroatoms. The maximum absolute atomic E-state index is 9.62. The maximum atomic E-state index is 9.62. The first kappa shape index (κ1) is 18.2. The van der Waals surface area contributed by atoms with Crippen molar-refractivity contribution in [1.82, 2.24) is 9.97 Å². The fraction of sp³-hybridized carbons (Fsp3) is 0.263. The van der Waals surface area contributed by atoms with Gasteiger partial charge in [0.2, 0.25) is 5.95 Å². The number of aromatic nitrogens is 2. The van der Waals surface area contributed by atoms with E-state index in [9.17, 15) is 5.11 Å². The van der Waals surface area contributed by atoms with Gasteiger partial charge in [-0.25, -0.2) is 4.98 Å². The summed E-state index contributed by atoms with van der Waals surface area (Å²) in [6.45, 7) is 1.56. The quantitative estimate of drug-likeness (QED) is 0.612. The molecule has 1 unspecified atom stereocenters. The molecule has 1 aliphatic heterocycles. The lowest BCUT2D eigenvalue weighted by atomic mass is 10.2. The van der Waals surface area contributed by atoms with E-state index in [0.717, 1.165) is 48.4 Å². The van der Waals surface area contributed by atoms with Gasteiger partial charge < -0.3 is 32.9 Å². The molecule has 1 aromatic heterocycles. The highest BCUT2D eigenvalue weighted by Gasteiger charge is 2.16. The van der Waals surface area contributed by atoms with E-state index in [1.807, 2.05) is 30.3 Å². The van der Waals surface area contributed by atoms with Crippen LogP contribution in [0.2, 0.25) is 0 Å². The number of ether oxygens (including phenoxy) is 1. The molecule has 0 saturated carbocycles. The van der Waals surface area contributed by atoms with E-state index in [1.54, 1.807) is 18.2 Å². The number of benzene rings is 2. The van der Waals surface area contributed by atoms with Crippen molar-refractivity contribution in [2.24, 2.45) is 0 Å². The van der Waals surface area contributed by atoms with Gasteiger partial charge in [-0.3, -0.25) is 0 Å². The standard InChI is InChI=1S/C19H20N4O2.ClH/c24-14-6-3-5-13(11-14)21-19-22-17-9-2-1-8-16(17)18(23-19)20-12-15-7-4-10-25-15;/h1-3,5-6,8-9,11,15,24H,4,7,10,12H2,(H2,20,21,22,23);1H/p-1. The van der Waals surface area contributed by atoms with Crippen molar-refractivity contribution in [2.45, 2.75) is 18.9 Å². The fourth-order valence-corrected chi connectivity index (χ4v) is 3.00. The van der Waals surface area contributed by atoms with Gasteiger partial charge in [0.05, 0.1) is 11.6 Å². The summed E-state index contributed by atoms with van der Waals surface area (Å²) in [6, 6.07) is 14.8. The normalized spacial score (nSPS) is 16.2. The molecule has 6 nitrogen and oxygen atoms in total. The van der Waals surface area contributed by atoms with Crippen LogP contribution in [0.25, 0.3) is 10.9 Å². The molecule has 4 rings (SSSR count). The lowest BCUT2D eigenvalue weighted by Gasteiger charge is -2.14. The summed E-state index contributed by atoms with van der Waals surface area (Å²) < 4.78 is 5.68. The highest BCUT2D eigenvalue weighted by atomic mass is 35.5. The number of anilines is 3. The third-order valence-corrected chi connectivity index (χ3v) is 4.23. The van der Waals surface area contributed by atoms with Crippen molar-refractivity contribution in [3.63, 3.8) is 0 Å². The molecule has 0 spiro atoms. The number of para-hydroxylation sites is 1. The van der Waals surface area contributed by atoms with Crippen LogP contribution >= 0.6 is 0 Å². The van der Waals surface area contributed by atoms with Gasteiger partial charge in [0.1, 0.15) is 11.6 Å². The van der Waals surface area contributed by atoms with Gasteiger partial charge in [-0.15, -0.1) is 0 Å². The summed E-state index contributed by atoms with van der Waals surface area (Å²) in [5.41, 5.74) is 1.59. The van der Waals surface area contributed by atoms with Crippen molar-refractivity contribution in [2.75, 3.05) is 23.8 Å². The third kappa shape index (κ3) is 4.15. The molecular formula is C19H20ClN4O2-. The molecular weight excluding hydrogens is 352 g/mol. The van der Waals surface area contributed by atoms with E-state index in [4.69, 9.17) is 4.74 Å². The summed E-state index contributed by atoms with van der Waals surface area (Å²) in [6.07, 6.45) is 2.42. The minimum absolute atomic E-state index is 0. The molecule has 3 aromatic rings. The Morgan fingerprint density at radius 2 is 2.00 bits per heavy atom. The van der Waals surface area contributed by atoms with E-state index in [1.165, 1.54) is 0 Å². The zero-order valence-electron chi connectivity index (χ0n) is 14.2. The predicted molar refractivity (Wildman–Crippen MR) is 98.4 cm³/mol. The summed E-state index contributed by atoms with van der Waals surface area (Å²) in [7, 11) is 0. The van der Waals surface area contributed by atoms with Gasteiger partial charge in [0.15, 0.2) is 0 Å². The number of phenolic OH excluding ortho intramolecular Hbond substituents is 1. The number of rotatable bonds is 5. The van der Waals surface area contributed by atoms with Crippen molar-refractivity contribution in [3.8, 4) is 5.75 Å². The van der Waals surface area contributed by atoms with Gasteiger partial charge in [-0.2, -0.15) is 4.98 Å². The maximum Gasteiger partial charge on any atom is 0.229 e. The van der Waals surface area contributed by atoms with Crippen LogP contribution in [0, 0.1) is 0 Å². The van der Waals surface area contributed by atoms with Crippen LogP contribution < -0.4 is 23.0 Å². The molecule has 2 aromatic carbocycles. The summed E-state index contributed by atoms with van der Waals surface area (Å²) in [4.78, 5) is 9.18. The Kier molecular flexibility index (Phi) is 5.75. The van der Waals surface area contributed by atoms with E-state index < -0.39 is 0 Å². The van der Waals surface area contributed by atoms with Crippen LogP contribution in [0.1, 0.15) is 12.8 Å². The second kappa shape index (κ2) is 8.21. The second-order valence-corrected chi connectivity index (χ2v) is 6.10. The Labute approximate surface area is 158 Å². The molecule has 1 saturated heterocycles. The van der Waals surface area contributed by atoms with Gasteiger partial charge in [-0.1, -0.05) is 18.2 Å². The summed E-state index contributed by atoms with van der Waals surface area (Å²) >= 11 is 0. The van der Waals surface area contributed by atoms with Crippen LogP contribution in [0.5, 0.6) is 5.75 Å². The first-order chi connectivity index (χ1) is 12.3. The first-order valence-corrected chi connectivity index (χ1v) is 8.46. The van der Waals surface area contributed by atoms with Crippen LogP contribution in [0.15, 0.2) is 48.5 Å². The lowest BCUT2D eigenvalue weighted by Crippen LogP contribution is -3.00. The van der Waals surface area contributed by atoms with E-state index in [-0.39, 0.29) is 24.3 Å². The average Bonchev–Trinajstić information content (AvgIpc) is 3.13. The Bertz CT molecular complexity index is 884. The van der Waals surface area contributed by atoms with Crippen molar-refractivity contribution < 1.29 is 22.3 Å². The Morgan fingerprint density at radius 1 is 1.12 bits per heavy atom. The SMILES string of the molecule is Oc1cccc(Nc2nc(NCC3CCCO3)c3ccccc3n2)c1.[Cl-]. The Morgan fingerprint density at radius 3 is 2.81 bits per heavy atom. The lowest BCUT2D eigenvalue weighted by molar-refractivity contribution is -0.00000741. The number of hydrogen-bond donors (Lipinski definition) is 3. The van der Waals surface area contributed by atoms with E-state index in [2.05, 4.69) is 20.6 Å². The van der Waals surface area contributed by atoms with Crippen LogP contribution in [0.4, 0.5) is 17.5 Å². The summed E-state index contributed by atoms with van der Waals surface area (Å²) in [5, 5.41) is 17.1. The number of halogens is 1. The van der Waals surface area contributed by atoms with Crippen LogP contribution in [0.3, 0.4) is 0 Å². The molecule has 0 amide bonds. The molecule has 0 bridgehead atoms. The first-order valence-electron chi connectivity index (χ1n) is 8.46. The van der Waals surface area contributed by atoms with Crippen molar-refractivity contribution >= 4 is 28.4 Å². The minimum atomic E-state index is 0. The number of hydrogen-bond acceptors (Lipinski definition) is 6. The van der Waals surface area contributed by atoms with Crippen molar-refractivity contribution in [1.29, 1.82) is 0 Å². The Balaban J connectivity index is 0.00000196. The van der Waals surface area contributed by atoms with Crippen molar-refractivity contribution in [3.05, 3.63) is 48.5 Å². The molecule has 136 valence electrons. The Hall–Kier alpha value is -2.57.